The molecule has 4 fully saturated rings. The second kappa shape index (κ2) is 7.76. The van der Waals surface area contributed by atoms with Gasteiger partial charge in [-0.15, -0.1) is 0 Å². The second-order valence-corrected chi connectivity index (χ2v) is 9.46. The Bertz CT molecular complexity index is 396. The van der Waals surface area contributed by atoms with Gasteiger partial charge in [0.25, 0.3) is 0 Å². The van der Waals surface area contributed by atoms with Crippen LogP contribution < -0.4 is 0 Å². The van der Waals surface area contributed by atoms with E-state index < -0.39 is 0 Å². The smallest absolute Gasteiger partial charge is 0.222 e. The van der Waals surface area contributed by atoms with Gasteiger partial charge in [0, 0.05) is 26.1 Å². The summed E-state index contributed by atoms with van der Waals surface area (Å²) in [6, 6.07) is 0. The molecule has 4 bridgehead atoms. The number of carbonyl (C=O) groups excluding carboxylic acids is 1. The fraction of sp³-hybridized carbons (Fsp3) is 0.952. The SMILES string of the molecule is CCCCC(=O)N(CCN(C)C)CCC12CC3CC(CC(C3)C1)C2. The molecule has 0 saturated heterocycles. The van der Waals surface area contributed by atoms with Crippen LogP contribution >= 0.6 is 0 Å². The van der Waals surface area contributed by atoms with E-state index in [-0.39, 0.29) is 0 Å². The highest BCUT2D eigenvalue weighted by molar-refractivity contribution is 5.76. The maximum atomic E-state index is 12.6. The van der Waals surface area contributed by atoms with Gasteiger partial charge in [0.15, 0.2) is 0 Å². The Hall–Kier alpha value is -0.570. The van der Waals surface area contributed by atoms with Gasteiger partial charge in [0.1, 0.15) is 0 Å². The number of nitrogens with zero attached hydrogens (tertiary/aromatic N) is 2. The van der Waals surface area contributed by atoms with Crippen LogP contribution in [-0.4, -0.2) is 49.4 Å². The molecule has 4 rings (SSSR count). The van der Waals surface area contributed by atoms with Gasteiger partial charge < -0.3 is 9.80 Å². The molecule has 24 heavy (non-hydrogen) atoms. The molecule has 4 aliphatic rings. The highest BCUT2D eigenvalue weighted by atomic mass is 16.2. The molecule has 3 nitrogen and oxygen atoms in total. The number of amides is 1. The molecule has 0 aromatic heterocycles. The molecule has 4 saturated carbocycles. The van der Waals surface area contributed by atoms with E-state index in [1.165, 1.54) is 44.9 Å². The minimum atomic E-state index is 0.392. The van der Waals surface area contributed by atoms with Crippen molar-refractivity contribution in [3.63, 3.8) is 0 Å². The molecule has 138 valence electrons. The van der Waals surface area contributed by atoms with Crippen molar-refractivity contribution in [2.45, 2.75) is 71.1 Å². The lowest BCUT2D eigenvalue weighted by molar-refractivity contribution is -0.132. The maximum Gasteiger partial charge on any atom is 0.222 e. The Labute approximate surface area is 149 Å². The molecule has 0 aromatic carbocycles. The van der Waals surface area contributed by atoms with Crippen molar-refractivity contribution in [3.8, 4) is 0 Å². The van der Waals surface area contributed by atoms with Crippen LogP contribution in [0, 0.1) is 23.2 Å². The van der Waals surface area contributed by atoms with E-state index in [0.717, 1.165) is 56.7 Å². The highest BCUT2D eigenvalue weighted by Gasteiger charge is 2.50. The summed E-state index contributed by atoms with van der Waals surface area (Å²) in [5.41, 5.74) is 0.593. The zero-order valence-electron chi connectivity index (χ0n) is 16.2. The summed E-state index contributed by atoms with van der Waals surface area (Å²) in [6.07, 6.45) is 13.1. The first-order valence-electron chi connectivity index (χ1n) is 10.4. The third-order valence-electron chi connectivity index (χ3n) is 6.99. The topological polar surface area (TPSA) is 23.6 Å². The van der Waals surface area contributed by atoms with Crippen LogP contribution in [0.3, 0.4) is 0 Å². The van der Waals surface area contributed by atoms with Gasteiger partial charge in [0.2, 0.25) is 5.91 Å². The largest absolute Gasteiger partial charge is 0.341 e. The molecule has 1 amide bonds. The fourth-order valence-corrected chi connectivity index (χ4v) is 6.14. The first-order chi connectivity index (χ1) is 11.5. The van der Waals surface area contributed by atoms with Crippen LogP contribution in [0.15, 0.2) is 0 Å². The number of hydrogen-bond donors (Lipinski definition) is 0. The number of hydrogen-bond acceptors (Lipinski definition) is 2. The lowest BCUT2D eigenvalue weighted by Gasteiger charge is -2.57. The Morgan fingerprint density at radius 2 is 1.54 bits per heavy atom. The maximum absolute atomic E-state index is 12.6. The van der Waals surface area contributed by atoms with E-state index in [2.05, 4.69) is 30.8 Å². The van der Waals surface area contributed by atoms with Gasteiger partial charge in [-0.2, -0.15) is 0 Å². The zero-order chi connectivity index (χ0) is 17.2. The summed E-state index contributed by atoms with van der Waals surface area (Å²) in [5, 5.41) is 0. The monoisotopic (exact) mass is 334 g/mol. The van der Waals surface area contributed by atoms with Gasteiger partial charge >= 0.3 is 0 Å². The van der Waals surface area contributed by atoms with E-state index in [1.807, 2.05) is 0 Å². The molecule has 0 aliphatic heterocycles. The first-order valence-corrected chi connectivity index (χ1v) is 10.4. The quantitative estimate of drug-likeness (QED) is 0.632. The lowest BCUT2D eigenvalue weighted by atomic mass is 9.49. The van der Waals surface area contributed by atoms with Crippen LogP contribution in [-0.2, 0) is 4.79 Å². The molecule has 0 atom stereocenters. The van der Waals surface area contributed by atoms with Gasteiger partial charge in [0.05, 0.1) is 0 Å². The lowest BCUT2D eigenvalue weighted by Crippen LogP contribution is -2.48. The van der Waals surface area contributed by atoms with Crippen LogP contribution in [0.1, 0.15) is 71.1 Å². The zero-order valence-corrected chi connectivity index (χ0v) is 16.2. The standard InChI is InChI=1S/C21H38N2O/c1-4-5-6-20(24)23(10-9-22(2)3)8-7-21-14-17-11-18(15-21)13-19(12-17)16-21/h17-19H,4-16H2,1-3H3. The Morgan fingerprint density at radius 3 is 2.04 bits per heavy atom. The van der Waals surface area contributed by atoms with E-state index >= 15 is 0 Å². The van der Waals surface area contributed by atoms with E-state index in [4.69, 9.17) is 0 Å². The van der Waals surface area contributed by atoms with Crippen molar-refractivity contribution in [1.29, 1.82) is 0 Å². The number of likely N-dealkylation sites (N-methyl/N-ethyl adjacent to an activating group) is 1. The molecule has 0 spiro atoms. The minimum Gasteiger partial charge on any atom is -0.341 e. The predicted octanol–water partition coefficient (Wildman–Crippen LogP) is 4.17. The summed E-state index contributed by atoms with van der Waals surface area (Å²) in [4.78, 5) is 17.0. The van der Waals surface area contributed by atoms with Crippen molar-refractivity contribution in [1.82, 2.24) is 9.80 Å². The normalized spacial score (nSPS) is 34.1. The number of rotatable bonds is 9. The van der Waals surface area contributed by atoms with E-state index in [9.17, 15) is 4.79 Å². The Morgan fingerprint density at radius 1 is 0.958 bits per heavy atom. The van der Waals surface area contributed by atoms with Gasteiger partial charge in [-0.05, 0) is 88.6 Å². The molecule has 0 aromatic rings. The van der Waals surface area contributed by atoms with E-state index in [0.29, 0.717) is 11.3 Å². The average molecular weight is 335 g/mol. The van der Waals surface area contributed by atoms with Crippen molar-refractivity contribution in [3.05, 3.63) is 0 Å². The molecular formula is C21H38N2O. The van der Waals surface area contributed by atoms with Crippen LogP contribution in [0.4, 0.5) is 0 Å². The Kier molecular flexibility index (Phi) is 5.89. The second-order valence-electron chi connectivity index (χ2n) is 9.46. The summed E-state index contributed by atoms with van der Waals surface area (Å²) >= 11 is 0. The number of carbonyl (C=O) groups is 1. The van der Waals surface area contributed by atoms with Gasteiger partial charge in [-0.25, -0.2) is 0 Å². The third kappa shape index (κ3) is 4.33. The molecule has 0 heterocycles. The van der Waals surface area contributed by atoms with Crippen LogP contribution in [0.25, 0.3) is 0 Å². The Balaban J connectivity index is 1.57. The number of unbranched alkanes of at least 4 members (excludes halogenated alkanes) is 1. The minimum absolute atomic E-state index is 0.392. The van der Waals surface area contributed by atoms with Crippen molar-refractivity contribution >= 4 is 5.91 Å². The summed E-state index contributed by atoms with van der Waals surface area (Å²) in [6.45, 7) is 5.07. The summed E-state index contributed by atoms with van der Waals surface area (Å²) < 4.78 is 0. The molecule has 0 N–H and O–H groups in total. The van der Waals surface area contributed by atoms with Crippen molar-refractivity contribution in [2.24, 2.45) is 23.2 Å². The van der Waals surface area contributed by atoms with Crippen molar-refractivity contribution in [2.75, 3.05) is 33.7 Å². The third-order valence-corrected chi connectivity index (χ3v) is 6.99. The average Bonchev–Trinajstić information content (AvgIpc) is 2.51. The predicted molar refractivity (Wildman–Crippen MR) is 99.9 cm³/mol. The summed E-state index contributed by atoms with van der Waals surface area (Å²) in [5.74, 6) is 3.44. The van der Waals surface area contributed by atoms with Crippen LogP contribution in [0.5, 0.6) is 0 Å². The molecule has 4 aliphatic carbocycles. The van der Waals surface area contributed by atoms with Crippen LogP contribution in [0.2, 0.25) is 0 Å². The molecule has 0 radical (unpaired) electrons. The van der Waals surface area contributed by atoms with E-state index in [1.54, 1.807) is 0 Å². The molecule has 3 heteroatoms. The summed E-state index contributed by atoms with van der Waals surface area (Å²) in [7, 11) is 4.21. The fourth-order valence-electron chi connectivity index (χ4n) is 6.14. The van der Waals surface area contributed by atoms with Gasteiger partial charge in [-0.3, -0.25) is 4.79 Å². The highest BCUT2D eigenvalue weighted by Crippen LogP contribution is 2.61. The van der Waals surface area contributed by atoms with Crippen molar-refractivity contribution < 1.29 is 4.79 Å². The molecular weight excluding hydrogens is 296 g/mol. The van der Waals surface area contributed by atoms with Gasteiger partial charge in [-0.1, -0.05) is 13.3 Å². The first kappa shape index (κ1) is 18.2. The molecule has 0 unspecified atom stereocenters.